The van der Waals surface area contributed by atoms with Crippen molar-refractivity contribution in [2.75, 3.05) is 11.9 Å². The maximum atomic E-state index is 12.2. The summed E-state index contributed by atoms with van der Waals surface area (Å²) in [6.07, 6.45) is 3.96. The quantitative estimate of drug-likeness (QED) is 0.523. The van der Waals surface area contributed by atoms with E-state index >= 15 is 0 Å². The molecule has 0 atom stereocenters. The Morgan fingerprint density at radius 3 is 2.52 bits per heavy atom. The average Bonchev–Trinajstić information content (AvgIpc) is 2.99. The zero-order chi connectivity index (χ0) is 15.2. The molecule has 2 amide bonds. The minimum Gasteiger partial charge on any atom is -0.308 e. The van der Waals surface area contributed by atoms with E-state index in [-0.39, 0.29) is 24.3 Å². The van der Waals surface area contributed by atoms with Gasteiger partial charge in [-0.2, -0.15) is 5.26 Å². The highest BCUT2D eigenvalue weighted by atomic mass is 16.6. The van der Waals surface area contributed by atoms with Crippen molar-refractivity contribution in [3.8, 4) is 6.07 Å². The molecule has 1 aromatic rings. The van der Waals surface area contributed by atoms with E-state index in [1.54, 1.807) is 0 Å². The van der Waals surface area contributed by atoms with Crippen molar-refractivity contribution in [2.45, 2.75) is 31.7 Å². The maximum absolute atomic E-state index is 12.2. The molecule has 0 bridgehead atoms. The summed E-state index contributed by atoms with van der Waals surface area (Å²) in [5.41, 5.74) is 0.448. The van der Waals surface area contributed by atoms with E-state index in [0.29, 0.717) is 5.69 Å². The first-order valence-corrected chi connectivity index (χ1v) is 6.81. The van der Waals surface area contributed by atoms with Gasteiger partial charge >= 0.3 is 6.03 Å². The number of nitriles is 1. The molecule has 2 rings (SSSR count). The Hall–Kier alpha value is -2.62. The van der Waals surface area contributed by atoms with Gasteiger partial charge in [-0.05, 0) is 25.0 Å². The number of urea groups is 1. The van der Waals surface area contributed by atoms with E-state index in [2.05, 4.69) is 5.32 Å². The van der Waals surface area contributed by atoms with Gasteiger partial charge in [0.2, 0.25) is 0 Å². The summed E-state index contributed by atoms with van der Waals surface area (Å²) in [6.45, 7) is 0.0451. The molecular weight excluding hydrogens is 272 g/mol. The monoisotopic (exact) mass is 288 g/mol. The van der Waals surface area contributed by atoms with Crippen LogP contribution in [-0.2, 0) is 0 Å². The second-order valence-corrected chi connectivity index (χ2v) is 4.96. The summed E-state index contributed by atoms with van der Waals surface area (Å²) in [6, 6.07) is 7.40. The fourth-order valence-electron chi connectivity index (χ4n) is 2.52. The predicted molar refractivity (Wildman–Crippen MR) is 76.7 cm³/mol. The average molecular weight is 288 g/mol. The van der Waals surface area contributed by atoms with Crippen molar-refractivity contribution in [1.29, 1.82) is 5.26 Å². The fraction of sp³-hybridized carbons (Fsp3) is 0.429. The number of carbonyl (C=O) groups excluding carboxylic acids is 1. The number of nitrogens with zero attached hydrogens (tertiary/aromatic N) is 3. The van der Waals surface area contributed by atoms with Crippen LogP contribution in [0, 0.1) is 21.4 Å². The van der Waals surface area contributed by atoms with Crippen LogP contribution in [-0.4, -0.2) is 28.4 Å². The van der Waals surface area contributed by atoms with Crippen LogP contribution in [0.3, 0.4) is 0 Å². The van der Waals surface area contributed by atoms with Gasteiger partial charge in [-0.25, -0.2) is 4.79 Å². The number of benzene rings is 1. The highest BCUT2D eigenvalue weighted by Crippen LogP contribution is 2.24. The van der Waals surface area contributed by atoms with Gasteiger partial charge in [-0.1, -0.05) is 12.8 Å². The van der Waals surface area contributed by atoms with E-state index in [1.807, 2.05) is 6.07 Å². The summed E-state index contributed by atoms with van der Waals surface area (Å²) in [7, 11) is 0. The van der Waals surface area contributed by atoms with Crippen LogP contribution in [0.15, 0.2) is 24.3 Å². The lowest BCUT2D eigenvalue weighted by Crippen LogP contribution is -2.41. The molecule has 0 unspecified atom stereocenters. The zero-order valence-corrected chi connectivity index (χ0v) is 11.5. The van der Waals surface area contributed by atoms with Gasteiger partial charge in [-0.3, -0.25) is 10.1 Å². The van der Waals surface area contributed by atoms with Crippen LogP contribution >= 0.6 is 0 Å². The van der Waals surface area contributed by atoms with E-state index in [1.165, 1.54) is 29.2 Å². The number of hydrogen-bond acceptors (Lipinski definition) is 4. The number of anilines is 1. The summed E-state index contributed by atoms with van der Waals surface area (Å²) in [4.78, 5) is 23.9. The molecule has 1 aliphatic rings. The van der Waals surface area contributed by atoms with Gasteiger partial charge in [0.25, 0.3) is 5.69 Å². The summed E-state index contributed by atoms with van der Waals surface area (Å²) >= 11 is 0. The molecular formula is C14H16N4O3. The molecule has 110 valence electrons. The summed E-state index contributed by atoms with van der Waals surface area (Å²) in [5, 5.41) is 22.1. The molecule has 0 aromatic heterocycles. The molecule has 1 saturated carbocycles. The molecule has 7 nitrogen and oxygen atoms in total. The second-order valence-electron chi connectivity index (χ2n) is 4.96. The first-order chi connectivity index (χ1) is 10.1. The summed E-state index contributed by atoms with van der Waals surface area (Å²) < 4.78 is 0. The minimum absolute atomic E-state index is 0.0299. The molecule has 0 spiro atoms. The van der Waals surface area contributed by atoms with Crippen LogP contribution < -0.4 is 5.32 Å². The van der Waals surface area contributed by atoms with E-state index in [0.717, 1.165) is 25.7 Å². The van der Waals surface area contributed by atoms with Crippen molar-refractivity contribution in [1.82, 2.24) is 4.90 Å². The van der Waals surface area contributed by atoms with Gasteiger partial charge in [0.1, 0.15) is 6.54 Å². The number of nitro benzene ring substituents is 1. The lowest BCUT2D eigenvalue weighted by molar-refractivity contribution is -0.384. The Balaban J connectivity index is 2.04. The third-order valence-corrected chi connectivity index (χ3v) is 3.60. The first-order valence-electron chi connectivity index (χ1n) is 6.81. The third-order valence-electron chi connectivity index (χ3n) is 3.60. The molecule has 1 aliphatic carbocycles. The SMILES string of the molecule is N#CCN(C(=O)Nc1ccc([N+](=O)[O-])cc1)C1CCCC1. The van der Waals surface area contributed by atoms with Gasteiger partial charge < -0.3 is 10.2 Å². The van der Waals surface area contributed by atoms with E-state index in [9.17, 15) is 14.9 Å². The van der Waals surface area contributed by atoms with Crippen LogP contribution in [0.2, 0.25) is 0 Å². The molecule has 0 saturated heterocycles. The van der Waals surface area contributed by atoms with Crippen molar-refractivity contribution in [2.24, 2.45) is 0 Å². The lowest BCUT2D eigenvalue weighted by atomic mass is 10.2. The smallest absolute Gasteiger partial charge is 0.308 e. The highest BCUT2D eigenvalue weighted by molar-refractivity contribution is 5.89. The van der Waals surface area contributed by atoms with Gasteiger partial charge in [-0.15, -0.1) is 0 Å². The predicted octanol–water partition coefficient (Wildman–Crippen LogP) is 2.89. The normalized spacial score (nSPS) is 14.4. The van der Waals surface area contributed by atoms with Gasteiger partial charge in [0.05, 0.1) is 11.0 Å². The highest BCUT2D eigenvalue weighted by Gasteiger charge is 2.26. The molecule has 7 heteroatoms. The lowest BCUT2D eigenvalue weighted by Gasteiger charge is -2.26. The Bertz CT molecular complexity index is 559. The van der Waals surface area contributed by atoms with Gasteiger partial charge in [0, 0.05) is 23.9 Å². The number of amides is 2. The van der Waals surface area contributed by atoms with Crippen LogP contribution in [0.1, 0.15) is 25.7 Å². The molecule has 0 aliphatic heterocycles. The number of hydrogen-bond donors (Lipinski definition) is 1. The van der Waals surface area contributed by atoms with Gasteiger partial charge in [0.15, 0.2) is 0 Å². The fourth-order valence-corrected chi connectivity index (χ4v) is 2.52. The van der Waals surface area contributed by atoms with Crippen molar-refractivity contribution < 1.29 is 9.72 Å². The maximum Gasteiger partial charge on any atom is 0.322 e. The summed E-state index contributed by atoms with van der Waals surface area (Å²) in [5.74, 6) is 0. The topological polar surface area (TPSA) is 99.3 Å². The Morgan fingerprint density at radius 2 is 2.00 bits per heavy atom. The molecule has 1 aromatic carbocycles. The molecule has 0 heterocycles. The number of non-ortho nitro benzene ring substituents is 1. The van der Waals surface area contributed by atoms with Crippen molar-refractivity contribution in [3.05, 3.63) is 34.4 Å². The first kappa shape index (κ1) is 14.8. The molecule has 21 heavy (non-hydrogen) atoms. The molecule has 0 radical (unpaired) electrons. The Morgan fingerprint density at radius 1 is 1.38 bits per heavy atom. The minimum atomic E-state index is -0.494. The Labute approximate surface area is 122 Å². The number of rotatable bonds is 4. The van der Waals surface area contributed by atoms with E-state index < -0.39 is 4.92 Å². The largest absolute Gasteiger partial charge is 0.322 e. The van der Waals surface area contributed by atoms with Crippen LogP contribution in [0.4, 0.5) is 16.2 Å². The van der Waals surface area contributed by atoms with Crippen LogP contribution in [0.25, 0.3) is 0 Å². The standard InChI is InChI=1S/C14H16N4O3/c15-9-10-17(12-3-1-2-4-12)14(19)16-11-5-7-13(8-6-11)18(20)21/h5-8,12H,1-4,10H2,(H,16,19). The van der Waals surface area contributed by atoms with Crippen molar-refractivity contribution >= 4 is 17.4 Å². The molecule has 1 fully saturated rings. The number of nitrogens with one attached hydrogen (secondary N) is 1. The zero-order valence-electron chi connectivity index (χ0n) is 11.5. The third kappa shape index (κ3) is 3.69. The number of carbonyl (C=O) groups is 1. The van der Waals surface area contributed by atoms with Crippen molar-refractivity contribution in [3.63, 3.8) is 0 Å². The Kier molecular flexibility index (Phi) is 4.72. The van der Waals surface area contributed by atoms with E-state index in [4.69, 9.17) is 5.26 Å². The molecule has 1 N–H and O–H groups in total. The van der Waals surface area contributed by atoms with Crippen LogP contribution in [0.5, 0.6) is 0 Å². The second kappa shape index (κ2) is 6.70. The number of nitro groups is 1.